The van der Waals surface area contributed by atoms with E-state index in [0.29, 0.717) is 4.90 Å². The first kappa shape index (κ1) is 13.5. The lowest BCUT2D eigenvalue weighted by Crippen LogP contribution is -2.33. The Morgan fingerprint density at radius 3 is 2.63 bits per heavy atom. The van der Waals surface area contributed by atoms with Gasteiger partial charge in [0.15, 0.2) is 0 Å². The van der Waals surface area contributed by atoms with Gasteiger partial charge in [0.05, 0.1) is 11.3 Å². The number of hydroxylamine groups is 1. The second-order valence-electron chi connectivity index (χ2n) is 3.52. The molecule has 1 N–H and O–H groups in total. The van der Waals surface area contributed by atoms with Gasteiger partial charge in [-0.2, -0.15) is 18.2 Å². The van der Waals surface area contributed by atoms with Crippen molar-refractivity contribution in [3.63, 3.8) is 0 Å². The third-order valence-corrected chi connectivity index (χ3v) is 3.24. The summed E-state index contributed by atoms with van der Waals surface area (Å²) in [5, 5.41) is 9.56. The van der Waals surface area contributed by atoms with Crippen LogP contribution in [0.15, 0.2) is 23.1 Å². The molecular formula is C10H6F3NO4S. The lowest BCUT2D eigenvalue weighted by Gasteiger charge is -2.17. The normalized spacial score (nSPS) is 14.2. The van der Waals surface area contributed by atoms with Gasteiger partial charge in [-0.05, 0) is 18.2 Å². The SMILES string of the molecule is O=C(O)c1ccc2c(c1)SCN2OC(=O)C(F)(F)F. The van der Waals surface area contributed by atoms with Gasteiger partial charge < -0.3 is 9.94 Å². The molecule has 102 valence electrons. The zero-order chi connectivity index (χ0) is 14.2. The van der Waals surface area contributed by atoms with Crippen LogP contribution in [-0.4, -0.2) is 29.1 Å². The van der Waals surface area contributed by atoms with E-state index in [9.17, 15) is 22.8 Å². The van der Waals surface area contributed by atoms with Crippen LogP contribution in [0.3, 0.4) is 0 Å². The highest BCUT2D eigenvalue weighted by molar-refractivity contribution is 7.99. The number of carboxylic acid groups (broad SMARTS) is 1. The summed E-state index contributed by atoms with van der Waals surface area (Å²) in [6.07, 6.45) is -5.07. The molecule has 19 heavy (non-hydrogen) atoms. The third kappa shape index (κ3) is 2.75. The van der Waals surface area contributed by atoms with Crippen molar-refractivity contribution in [3.05, 3.63) is 23.8 Å². The van der Waals surface area contributed by atoms with E-state index >= 15 is 0 Å². The monoisotopic (exact) mass is 293 g/mol. The summed E-state index contributed by atoms with van der Waals surface area (Å²) in [6.45, 7) is 0. The van der Waals surface area contributed by atoms with Gasteiger partial charge in [0.2, 0.25) is 0 Å². The average Bonchev–Trinajstić information content (AvgIpc) is 2.70. The highest BCUT2D eigenvalue weighted by atomic mass is 32.2. The third-order valence-electron chi connectivity index (χ3n) is 2.24. The molecule has 1 aliphatic heterocycles. The molecule has 0 aliphatic carbocycles. The standard InChI is InChI=1S/C10H6F3NO4S/c11-10(12,13)9(17)18-14-4-19-7-3-5(8(15)16)1-2-6(7)14/h1-3H,4H2,(H,15,16). The van der Waals surface area contributed by atoms with Crippen LogP contribution in [0.4, 0.5) is 18.9 Å². The Hall–Kier alpha value is -1.90. The lowest BCUT2D eigenvalue weighted by molar-refractivity contribution is -0.200. The van der Waals surface area contributed by atoms with E-state index in [1.165, 1.54) is 18.2 Å². The van der Waals surface area contributed by atoms with E-state index < -0.39 is 18.1 Å². The van der Waals surface area contributed by atoms with Crippen molar-refractivity contribution >= 4 is 29.4 Å². The molecular weight excluding hydrogens is 287 g/mol. The number of carbonyl (C=O) groups excluding carboxylic acids is 1. The van der Waals surface area contributed by atoms with Gasteiger partial charge in [-0.15, -0.1) is 0 Å². The van der Waals surface area contributed by atoms with Crippen LogP contribution >= 0.6 is 11.8 Å². The van der Waals surface area contributed by atoms with Crippen LogP contribution in [0.2, 0.25) is 0 Å². The van der Waals surface area contributed by atoms with Gasteiger partial charge in [0, 0.05) is 4.90 Å². The van der Waals surface area contributed by atoms with E-state index in [2.05, 4.69) is 4.84 Å². The highest BCUT2D eigenvalue weighted by Crippen LogP contribution is 2.39. The first-order chi connectivity index (χ1) is 8.79. The van der Waals surface area contributed by atoms with Gasteiger partial charge in [0.25, 0.3) is 0 Å². The maximum absolute atomic E-state index is 12.1. The Bertz CT molecular complexity index is 546. The van der Waals surface area contributed by atoms with E-state index in [0.717, 1.165) is 16.8 Å². The smallest absolute Gasteiger partial charge is 0.478 e. The fourth-order valence-corrected chi connectivity index (χ4v) is 2.37. The molecule has 0 unspecified atom stereocenters. The van der Waals surface area contributed by atoms with E-state index in [1.54, 1.807) is 0 Å². The molecule has 0 spiro atoms. The van der Waals surface area contributed by atoms with E-state index in [-0.39, 0.29) is 17.1 Å². The minimum absolute atomic E-state index is 0.00949. The highest BCUT2D eigenvalue weighted by Gasteiger charge is 2.43. The Morgan fingerprint density at radius 1 is 1.37 bits per heavy atom. The molecule has 1 aromatic carbocycles. The van der Waals surface area contributed by atoms with Crippen LogP contribution < -0.4 is 5.06 Å². The summed E-state index contributed by atoms with van der Waals surface area (Å²) < 4.78 is 36.2. The first-order valence-corrected chi connectivity index (χ1v) is 5.84. The molecule has 0 radical (unpaired) electrons. The summed E-state index contributed by atoms with van der Waals surface area (Å²) in [7, 11) is 0. The molecule has 0 saturated carbocycles. The topological polar surface area (TPSA) is 66.8 Å². The number of nitrogens with zero attached hydrogens (tertiary/aromatic N) is 1. The van der Waals surface area contributed by atoms with Crippen molar-refractivity contribution < 1.29 is 32.7 Å². The van der Waals surface area contributed by atoms with E-state index in [4.69, 9.17) is 5.11 Å². The molecule has 9 heteroatoms. The van der Waals surface area contributed by atoms with Gasteiger partial charge in [-0.25, -0.2) is 9.59 Å². The van der Waals surface area contributed by atoms with Crippen molar-refractivity contribution in [1.82, 2.24) is 0 Å². The predicted octanol–water partition coefficient (Wildman–Crippen LogP) is 2.27. The number of hydrogen-bond acceptors (Lipinski definition) is 5. The Balaban J connectivity index is 2.19. The van der Waals surface area contributed by atoms with Crippen molar-refractivity contribution in [2.75, 3.05) is 10.9 Å². The quantitative estimate of drug-likeness (QED) is 0.902. The fourth-order valence-electron chi connectivity index (χ4n) is 1.39. The first-order valence-electron chi connectivity index (χ1n) is 4.86. The molecule has 1 aromatic rings. The van der Waals surface area contributed by atoms with E-state index in [1.807, 2.05) is 0 Å². The molecule has 5 nitrogen and oxygen atoms in total. The Morgan fingerprint density at radius 2 is 2.05 bits per heavy atom. The average molecular weight is 293 g/mol. The maximum Gasteiger partial charge on any atom is 0.493 e. The van der Waals surface area contributed by atoms with Crippen LogP contribution in [-0.2, 0) is 9.63 Å². The Labute approximate surface area is 108 Å². The van der Waals surface area contributed by atoms with Crippen LogP contribution in [0.1, 0.15) is 10.4 Å². The molecule has 2 rings (SSSR count). The maximum atomic E-state index is 12.1. The van der Waals surface area contributed by atoms with Gasteiger partial charge in [0.1, 0.15) is 5.88 Å². The number of thioether (sulfide) groups is 1. The van der Waals surface area contributed by atoms with Gasteiger partial charge >= 0.3 is 18.1 Å². The van der Waals surface area contributed by atoms with Gasteiger partial charge in [-0.3, -0.25) is 0 Å². The molecule has 1 heterocycles. The van der Waals surface area contributed by atoms with Crippen LogP contribution in [0, 0.1) is 0 Å². The number of aromatic carboxylic acids is 1. The number of rotatable bonds is 2. The summed E-state index contributed by atoms with van der Waals surface area (Å²) in [4.78, 5) is 26.1. The van der Waals surface area contributed by atoms with Crippen molar-refractivity contribution in [2.24, 2.45) is 0 Å². The van der Waals surface area contributed by atoms with Crippen molar-refractivity contribution in [3.8, 4) is 0 Å². The largest absolute Gasteiger partial charge is 0.493 e. The summed E-state index contributed by atoms with van der Waals surface area (Å²) >= 11 is 1.08. The Kier molecular flexibility index (Phi) is 3.31. The number of anilines is 1. The fraction of sp³-hybridized carbons (Fsp3) is 0.200. The molecule has 0 amide bonds. The number of carbonyl (C=O) groups is 2. The predicted molar refractivity (Wildman–Crippen MR) is 58.8 cm³/mol. The zero-order valence-electron chi connectivity index (χ0n) is 9.10. The molecule has 0 atom stereocenters. The number of hydrogen-bond donors (Lipinski definition) is 1. The molecule has 0 fully saturated rings. The van der Waals surface area contributed by atoms with Crippen LogP contribution in [0.25, 0.3) is 0 Å². The second kappa shape index (κ2) is 4.65. The second-order valence-corrected chi connectivity index (χ2v) is 4.50. The molecule has 0 aromatic heterocycles. The summed E-state index contributed by atoms with van der Waals surface area (Å²) in [5.41, 5.74) is 0.239. The summed E-state index contributed by atoms with van der Waals surface area (Å²) in [5.74, 6) is -3.49. The number of fused-ring (bicyclic) bond motifs is 1. The van der Waals surface area contributed by atoms with Crippen molar-refractivity contribution in [2.45, 2.75) is 11.1 Å². The van der Waals surface area contributed by atoms with Gasteiger partial charge in [-0.1, -0.05) is 11.8 Å². The summed E-state index contributed by atoms with van der Waals surface area (Å²) in [6, 6.07) is 3.83. The number of carboxylic acids is 1. The van der Waals surface area contributed by atoms with Crippen LogP contribution in [0.5, 0.6) is 0 Å². The number of halogens is 3. The molecule has 1 aliphatic rings. The van der Waals surface area contributed by atoms with Crippen molar-refractivity contribution in [1.29, 1.82) is 0 Å². The molecule has 0 saturated heterocycles. The number of benzene rings is 1. The minimum Gasteiger partial charge on any atom is -0.478 e. The zero-order valence-corrected chi connectivity index (χ0v) is 9.92. The number of alkyl halides is 3. The lowest BCUT2D eigenvalue weighted by atomic mass is 10.2. The molecule has 0 bridgehead atoms. The minimum atomic E-state index is -5.07.